The summed E-state index contributed by atoms with van der Waals surface area (Å²) in [4.78, 5) is 0. The van der Waals surface area contributed by atoms with E-state index < -0.39 is 30.7 Å². The lowest BCUT2D eigenvalue weighted by molar-refractivity contribution is -0.242. The van der Waals surface area contributed by atoms with E-state index in [9.17, 15) is 20.4 Å². The molecule has 0 saturated carbocycles. The molecule has 0 bridgehead atoms. The second-order valence-electron chi connectivity index (χ2n) is 6.65. The third kappa shape index (κ3) is 3.75. The minimum absolute atomic E-state index is 0.119. The lowest BCUT2D eigenvalue weighted by Gasteiger charge is -2.35. The van der Waals surface area contributed by atoms with Crippen molar-refractivity contribution in [1.82, 2.24) is 0 Å². The van der Waals surface area contributed by atoms with Crippen molar-refractivity contribution in [2.75, 3.05) is 6.61 Å². The molecular weight excluding hydrogens is 336 g/mol. The molecule has 1 saturated heterocycles. The first kappa shape index (κ1) is 18.8. The molecule has 26 heavy (non-hydrogen) atoms. The minimum Gasteiger partial charge on any atom is -0.462 e. The predicted octanol–water partition coefficient (Wildman–Crippen LogP) is 1.20. The highest BCUT2D eigenvalue weighted by Gasteiger charge is 2.39. The molecule has 1 aliphatic rings. The fraction of sp³-hybridized carbons (Fsp3) is 0.400. The van der Waals surface area contributed by atoms with E-state index in [1.807, 2.05) is 38.1 Å². The van der Waals surface area contributed by atoms with Crippen LogP contribution in [0.2, 0.25) is 0 Å². The van der Waals surface area contributed by atoms with Gasteiger partial charge in [-0.15, -0.1) is 0 Å². The van der Waals surface area contributed by atoms with Crippen LogP contribution in [-0.2, 0) is 4.74 Å². The van der Waals surface area contributed by atoms with E-state index in [0.29, 0.717) is 5.75 Å². The Hall–Kier alpha value is -1.96. The summed E-state index contributed by atoms with van der Waals surface area (Å²) in [5.74, 6) is 0.441. The molecule has 0 radical (unpaired) electrons. The zero-order valence-corrected chi connectivity index (χ0v) is 14.7. The average Bonchev–Trinajstić information content (AvgIpc) is 2.62. The number of hydrogen-bond donors (Lipinski definition) is 4. The summed E-state index contributed by atoms with van der Waals surface area (Å²) in [6, 6.07) is 12.8. The quantitative estimate of drug-likeness (QED) is 0.654. The topological polar surface area (TPSA) is 99.4 Å². The van der Waals surface area contributed by atoms with Crippen molar-refractivity contribution < 1.29 is 29.9 Å². The molecule has 0 amide bonds. The van der Waals surface area contributed by atoms with E-state index in [4.69, 9.17) is 9.47 Å². The monoisotopic (exact) mass is 360 g/mol. The van der Waals surface area contributed by atoms with Gasteiger partial charge in [0, 0.05) is 0 Å². The first-order chi connectivity index (χ1) is 12.4. The van der Waals surface area contributed by atoms with Gasteiger partial charge in [0.05, 0.1) is 6.61 Å². The molecule has 6 heteroatoms. The number of aryl methyl sites for hydroxylation is 2. The molecule has 3 rings (SSSR count). The van der Waals surface area contributed by atoms with E-state index in [1.165, 1.54) is 0 Å². The standard InChI is InChI=1S/C20H24O6/c1-11-5-3-4-6-14(11)17(22)15-8-7-13(9-12(15)2)26-20-19(24)18(23)16(21)10-25-20/h3-9,16-24H,10H2,1-2H3/t16-,17?,18+,19-,20+/m1/s1. The van der Waals surface area contributed by atoms with Crippen molar-refractivity contribution in [1.29, 1.82) is 0 Å². The van der Waals surface area contributed by atoms with Gasteiger partial charge in [-0.25, -0.2) is 0 Å². The average molecular weight is 360 g/mol. The highest BCUT2D eigenvalue weighted by Crippen LogP contribution is 2.30. The Kier molecular flexibility index (Phi) is 5.60. The van der Waals surface area contributed by atoms with Crippen LogP contribution in [0, 0.1) is 13.8 Å². The number of aliphatic hydroxyl groups excluding tert-OH is 4. The van der Waals surface area contributed by atoms with E-state index in [2.05, 4.69) is 0 Å². The zero-order valence-electron chi connectivity index (χ0n) is 14.7. The first-order valence-electron chi connectivity index (χ1n) is 8.55. The summed E-state index contributed by atoms with van der Waals surface area (Å²) in [6.45, 7) is 3.69. The highest BCUT2D eigenvalue weighted by molar-refractivity contribution is 5.42. The van der Waals surface area contributed by atoms with Gasteiger partial charge < -0.3 is 29.9 Å². The summed E-state index contributed by atoms with van der Waals surface area (Å²) in [7, 11) is 0. The van der Waals surface area contributed by atoms with E-state index in [0.717, 1.165) is 22.3 Å². The third-order valence-electron chi connectivity index (χ3n) is 4.73. The zero-order chi connectivity index (χ0) is 18.8. The van der Waals surface area contributed by atoms with Crippen molar-refractivity contribution >= 4 is 0 Å². The molecule has 5 atom stereocenters. The Balaban J connectivity index is 1.77. The van der Waals surface area contributed by atoms with Gasteiger partial charge in [-0.05, 0) is 48.2 Å². The van der Waals surface area contributed by atoms with Crippen LogP contribution in [0.5, 0.6) is 5.75 Å². The van der Waals surface area contributed by atoms with E-state index in [1.54, 1.807) is 18.2 Å². The number of rotatable bonds is 4. The van der Waals surface area contributed by atoms with Gasteiger partial charge >= 0.3 is 0 Å². The number of aliphatic hydroxyl groups is 4. The molecule has 0 aliphatic carbocycles. The summed E-state index contributed by atoms with van der Waals surface area (Å²) >= 11 is 0. The van der Waals surface area contributed by atoms with Crippen LogP contribution in [0.25, 0.3) is 0 Å². The van der Waals surface area contributed by atoms with Gasteiger partial charge in [0.2, 0.25) is 6.29 Å². The first-order valence-corrected chi connectivity index (χ1v) is 8.55. The largest absolute Gasteiger partial charge is 0.462 e. The van der Waals surface area contributed by atoms with Gasteiger partial charge in [-0.2, -0.15) is 0 Å². The van der Waals surface area contributed by atoms with Crippen LogP contribution in [0.1, 0.15) is 28.4 Å². The molecule has 1 unspecified atom stereocenters. The normalized spacial score (nSPS) is 27.2. The summed E-state index contributed by atoms with van der Waals surface area (Å²) in [5.41, 5.74) is 3.43. The van der Waals surface area contributed by atoms with Crippen LogP contribution < -0.4 is 4.74 Å². The second kappa shape index (κ2) is 7.73. The Morgan fingerprint density at radius 2 is 1.65 bits per heavy atom. The highest BCUT2D eigenvalue weighted by atomic mass is 16.7. The Bertz CT molecular complexity index is 762. The molecule has 1 aliphatic heterocycles. The molecule has 1 heterocycles. The molecule has 6 nitrogen and oxygen atoms in total. The second-order valence-corrected chi connectivity index (χ2v) is 6.65. The van der Waals surface area contributed by atoms with Gasteiger partial charge in [-0.3, -0.25) is 0 Å². The van der Waals surface area contributed by atoms with Gasteiger partial charge in [0.1, 0.15) is 30.2 Å². The van der Waals surface area contributed by atoms with Crippen LogP contribution in [-0.4, -0.2) is 51.6 Å². The maximum absolute atomic E-state index is 10.7. The van der Waals surface area contributed by atoms with Crippen LogP contribution in [0.15, 0.2) is 42.5 Å². The lowest BCUT2D eigenvalue weighted by atomic mass is 9.94. The minimum atomic E-state index is -1.35. The summed E-state index contributed by atoms with van der Waals surface area (Å²) in [5, 5.41) is 39.9. The van der Waals surface area contributed by atoms with E-state index >= 15 is 0 Å². The number of ether oxygens (including phenoxy) is 2. The van der Waals surface area contributed by atoms with Crippen LogP contribution in [0.3, 0.4) is 0 Å². The fourth-order valence-corrected chi connectivity index (χ4v) is 3.11. The lowest BCUT2D eigenvalue weighted by Crippen LogP contribution is -2.54. The smallest absolute Gasteiger partial charge is 0.228 e. The van der Waals surface area contributed by atoms with E-state index in [-0.39, 0.29) is 6.61 Å². The molecule has 140 valence electrons. The van der Waals surface area contributed by atoms with Gasteiger partial charge in [-0.1, -0.05) is 30.3 Å². The maximum Gasteiger partial charge on any atom is 0.228 e. The van der Waals surface area contributed by atoms with Crippen molar-refractivity contribution in [3.05, 3.63) is 64.7 Å². The molecule has 0 aromatic heterocycles. The third-order valence-corrected chi connectivity index (χ3v) is 4.73. The molecule has 1 fully saturated rings. The van der Waals surface area contributed by atoms with Gasteiger partial charge in [0.15, 0.2) is 0 Å². The SMILES string of the molecule is Cc1ccccc1C(O)c1ccc(O[C@@H]2OC[C@@H](O)[C@H](O)[C@H]2O)cc1C. The molecular formula is C20H24O6. The summed E-state index contributed by atoms with van der Waals surface area (Å²) in [6.07, 6.45) is -5.63. The number of hydrogen-bond acceptors (Lipinski definition) is 6. The Labute approximate surface area is 152 Å². The Morgan fingerprint density at radius 1 is 0.962 bits per heavy atom. The Morgan fingerprint density at radius 3 is 2.35 bits per heavy atom. The van der Waals surface area contributed by atoms with Crippen molar-refractivity contribution in [3.63, 3.8) is 0 Å². The fourth-order valence-electron chi connectivity index (χ4n) is 3.11. The predicted molar refractivity (Wildman–Crippen MR) is 94.8 cm³/mol. The van der Waals surface area contributed by atoms with Crippen LogP contribution in [0.4, 0.5) is 0 Å². The van der Waals surface area contributed by atoms with Gasteiger partial charge in [0.25, 0.3) is 0 Å². The summed E-state index contributed by atoms with van der Waals surface area (Å²) < 4.78 is 10.9. The molecule has 0 spiro atoms. The molecule has 2 aromatic rings. The molecule has 4 N–H and O–H groups in total. The number of benzene rings is 2. The van der Waals surface area contributed by atoms with Crippen molar-refractivity contribution in [3.8, 4) is 5.75 Å². The van der Waals surface area contributed by atoms with Crippen molar-refractivity contribution in [2.45, 2.75) is 44.6 Å². The van der Waals surface area contributed by atoms with Crippen molar-refractivity contribution in [2.24, 2.45) is 0 Å². The van der Waals surface area contributed by atoms with Crippen LogP contribution >= 0.6 is 0 Å². The maximum atomic E-state index is 10.7. The molecule has 2 aromatic carbocycles.